The minimum Gasteiger partial charge on any atom is -0.330 e. The molecule has 0 amide bonds. The highest BCUT2D eigenvalue weighted by Gasteiger charge is 1.93. The van der Waals surface area contributed by atoms with E-state index in [0.29, 0.717) is 5.88 Å². The van der Waals surface area contributed by atoms with Gasteiger partial charge in [0.05, 0.1) is 0 Å². The van der Waals surface area contributed by atoms with Crippen LogP contribution in [0.3, 0.4) is 0 Å². The molecular weight excluding hydrogens is 136 g/mol. The molecule has 0 fully saturated rings. The molecule has 0 aliphatic carbocycles. The summed E-state index contributed by atoms with van der Waals surface area (Å²) < 4.78 is 0. The Morgan fingerprint density at radius 2 is 2.11 bits per heavy atom. The van der Waals surface area contributed by atoms with Gasteiger partial charge in [-0.15, -0.1) is 11.6 Å². The Morgan fingerprint density at radius 1 is 1.44 bits per heavy atom. The van der Waals surface area contributed by atoms with Crippen molar-refractivity contribution in [3.05, 3.63) is 0 Å². The van der Waals surface area contributed by atoms with Crippen molar-refractivity contribution in [2.24, 2.45) is 5.73 Å². The molecule has 0 aromatic heterocycles. The van der Waals surface area contributed by atoms with Gasteiger partial charge in [-0.2, -0.15) is 0 Å². The molecule has 56 valence electrons. The van der Waals surface area contributed by atoms with Crippen LogP contribution in [-0.2, 0) is 0 Å². The Balaban J connectivity index is 2.95. The minimum atomic E-state index is 0.709. The zero-order valence-electron chi connectivity index (χ0n) is 5.94. The summed E-state index contributed by atoms with van der Waals surface area (Å²) in [6.45, 7) is 2.79. The van der Waals surface area contributed by atoms with Gasteiger partial charge >= 0.3 is 0 Å². The Kier molecular flexibility index (Phi) is 6.48. The van der Waals surface area contributed by atoms with Gasteiger partial charge in [0.1, 0.15) is 0 Å². The predicted octanol–water partition coefficient (Wildman–Crippen LogP) is 0.506. The number of alkyl halides is 1. The molecule has 0 atom stereocenters. The van der Waals surface area contributed by atoms with Crippen molar-refractivity contribution in [1.29, 1.82) is 0 Å². The SMILES string of the molecule is CN(CCCl)CCCN. The molecule has 0 unspecified atom stereocenters. The fourth-order valence-electron chi connectivity index (χ4n) is 0.617. The predicted molar refractivity (Wildman–Crippen MR) is 41.9 cm³/mol. The third kappa shape index (κ3) is 6.09. The second-order valence-electron chi connectivity index (χ2n) is 2.13. The van der Waals surface area contributed by atoms with Gasteiger partial charge in [-0.3, -0.25) is 0 Å². The summed E-state index contributed by atoms with van der Waals surface area (Å²) >= 11 is 5.50. The monoisotopic (exact) mass is 150 g/mol. The van der Waals surface area contributed by atoms with E-state index < -0.39 is 0 Å². The van der Waals surface area contributed by atoms with E-state index in [1.165, 1.54) is 0 Å². The quantitative estimate of drug-likeness (QED) is 0.579. The van der Waals surface area contributed by atoms with Crippen LogP contribution in [0.1, 0.15) is 6.42 Å². The van der Waals surface area contributed by atoms with Crippen LogP contribution in [-0.4, -0.2) is 37.5 Å². The zero-order chi connectivity index (χ0) is 7.11. The molecule has 0 aromatic carbocycles. The highest BCUT2D eigenvalue weighted by atomic mass is 35.5. The van der Waals surface area contributed by atoms with Crippen LogP contribution in [0.2, 0.25) is 0 Å². The highest BCUT2D eigenvalue weighted by Crippen LogP contribution is 1.86. The van der Waals surface area contributed by atoms with E-state index in [9.17, 15) is 0 Å². The second-order valence-corrected chi connectivity index (χ2v) is 2.51. The average Bonchev–Trinajstić information content (AvgIpc) is 1.85. The van der Waals surface area contributed by atoms with Crippen LogP contribution in [0.15, 0.2) is 0 Å². The van der Waals surface area contributed by atoms with E-state index in [2.05, 4.69) is 11.9 Å². The Labute approximate surface area is 62.0 Å². The van der Waals surface area contributed by atoms with Crippen molar-refractivity contribution in [2.45, 2.75) is 6.42 Å². The van der Waals surface area contributed by atoms with Crippen molar-refractivity contribution in [3.63, 3.8) is 0 Å². The van der Waals surface area contributed by atoms with Crippen LogP contribution in [0.5, 0.6) is 0 Å². The van der Waals surface area contributed by atoms with E-state index in [4.69, 9.17) is 17.3 Å². The van der Waals surface area contributed by atoms with Crippen LogP contribution >= 0.6 is 11.6 Å². The molecule has 0 aliphatic rings. The van der Waals surface area contributed by atoms with Crippen molar-refractivity contribution in [2.75, 3.05) is 32.6 Å². The largest absolute Gasteiger partial charge is 0.330 e. The molecule has 0 rings (SSSR count). The van der Waals surface area contributed by atoms with Crippen LogP contribution in [0, 0.1) is 0 Å². The molecule has 0 bridgehead atoms. The fourth-order valence-corrected chi connectivity index (χ4v) is 0.906. The third-order valence-corrected chi connectivity index (χ3v) is 1.38. The lowest BCUT2D eigenvalue weighted by atomic mass is 10.4. The molecule has 0 spiro atoms. The maximum atomic E-state index is 5.50. The van der Waals surface area contributed by atoms with Gasteiger partial charge in [0, 0.05) is 12.4 Å². The number of nitrogens with two attached hydrogens (primary N) is 1. The number of hydrogen-bond acceptors (Lipinski definition) is 2. The Morgan fingerprint density at radius 3 is 2.56 bits per heavy atom. The molecule has 0 aromatic rings. The Bertz CT molecular complexity index is 59.0. The van der Waals surface area contributed by atoms with Crippen molar-refractivity contribution < 1.29 is 0 Å². The molecule has 3 heteroatoms. The number of halogens is 1. The van der Waals surface area contributed by atoms with Gasteiger partial charge in [-0.05, 0) is 26.6 Å². The zero-order valence-corrected chi connectivity index (χ0v) is 6.69. The van der Waals surface area contributed by atoms with Crippen LogP contribution < -0.4 is 5.73 Å². The summed E-state index contributed by atoms with van der Waals surface area (Å²) in [6.07, 6.45) is 1.06. The lowest BCUT2D eigenvalue weighted by Gasteiger charge is -2.12. The van der Waals surface area contributed by atoms with Crippen molar-refractivity contribution in [1.82, 2.24) is 4.90 Å². The molecular formula is C6H15ClN2. The first kappa shape index (κ1) is 9.21. The van der Waals surface area contributed by atoms with E-state index in [0.717, 1.165) is 26.1 Å². The smallest absolute Gasteiger partial charge is 0.0351 e. The topological polar surface area (TPSA) is 29.3 Å². The van der Waals surface area contributed by atoms with Gasteiger partial charge in [0.2, 0.25) is 0 Å². The molecule has 0 saturated heterocycles. The van der Waals surface area contributed by atoms with Gasteiger partial charge in [-0.25, -0.2) is 0 Å². The second kappa shape index (κ2) is 6.33. The van der Waals surface area contributed by atoms with E-state index in [-0.39, 0.29) is 0 Å². The summed E-state index contributed by atoms with van der Waals surface area (Å²) in [7, 11) is 2.05. The highest BCUT2D eigenvalue weighted by molar-refractivity contribution is 6.18. The summed E-state index contributed by atoms with van der Waals surface area (Å²) in [5, 5.41) is 0. The van der Waals surface area contributed by atoms with Gasteiger partial charge in [0.25, 0.3) is 0 Å². The lowest BCUT2D eigenvalue weighted by Crippen LogP contribution is -2.23. The van der Waals surface area contributed by atoms with Crippen LogP contribution in [0.4, 0.5) is 0 Å². The van der Waals surface area contributed by atoms with Crippen molar-refractivity contribution >= 4 is 11.6 Å². The first-order valence-corrected chi connectivity index (χ1v) is 3.79. The first-order valence-electron chi connectivity index (χ1n) is 3.26. The summed E-state index contributed by atoms with van der Waals surface area (Å²) in [4.78, 5) is 2.18. The molecule has 0 saturated carbocycles. The lowest BCUT2D eigenvalue weighted by molar-refractivity contribution is 0.351. The molecule has 0 radical (unpaired) electrons. The van der Waals surface area contributed by atoms with E-state index >= 15 is 0 Å². The molecule has 0 aliphatic heterocycles. The first-order chi connectivity index (χ1) is 4.31. The number of rotatable bonds is 5. The Hall–Kier alpha value is 0.210. The maximum Gasteiger partial charge on any atom is 0.0351 e. The van der Waals surface area contributed by atoms with Crippen molar-refractivity contribution in [3.8, 4) is 0 Å². The molecule has 9 heavy (non-hydrogen) atoms. The average molecular weight is 151 g/mol. The molecule has 2 N–H and O–H groups in total. The van der Waals surface area contributed by atoms with Gasteiger partial charge in [0.15, 0.2) is 0 Å². The fraction of sp³-hybridized carbons (Fsp3) is 1.00. The van der Waals surface area contributed by atoms with Gasteiger partial charge in [-0.1, -0.05) is 0 Å². The minimum absolute atomic E-state index is 0.709. The van der Waals surface area contributed by atoms with E-state index in [1.807, 2.05) is 0 Å². The van der Waals surface area contributed by atoms with Gasteiger partial charge < -0.3 is 10.6 Å². The molecule has 2 nitrogen and oxygen atoms in total. The van der Waals surface area contributed by atoms with E-state index in [1.54, 1.807) is 0 Å². The number of hydrogen-bond donors (Lipinski definition) is 1. The standard InChI is InChI=1S/C6H15ClN2/c1-9(6-3-7)5-2-4-8/h2-6,8H2,1H3. The molecule has 0 heterocycles. The number of nitrogens with zero attached hydrogens (tertiary/aromatic N) is 1. The third-order valence-electron chi connectivity index (χ3n) is 1.21. The summed E-state index contributed by atoms with van der Waals surface area (Å²) in [5.74, 6) is 0.709. The maximum absolute atomic E-state index is 5.50. The normalized spacial score (nSPS) is 10.7. The summed E-state index contributed by atoms with van der Waals surface area (Å²) in [6, 6.07) is 0. The summed E-state index contributed by atoms with van der Waals surface area (Å²) in [5.41, 5.74) is 5.31. The van der Waals surface area contributed by atoms with Crippen LogP contribution in [0.25, 0.3) is 0 Å².